The molecule has 7 nitrogen and oxygen atoms in total. The van der Waals surface area contributed by atoms with Crippen LogP contribution in [0.2, 0.25) is 0 Å². The van der Waals surface area contributed by atoms with Crippen molar-refractivity contribution in [2.45, 2.75) is 19.4 Å². The Hall–Kier alpha value is -2.96. The van der Waals surface area contributed by atoms with E-state index in [0.29, 0.717) is 12.1 Å². The molecule has 0 N–H and O–H groups in total. The van der Waals surface area contributed by atoms with Crippen molar-refractivity contribution in [2.24, 2.45) is 7.05 Å². The monoisotopic (exact) mass is 336 g/mol. The van der Waals surface area contributed by atoms with Gasteiger partial charge in [0.2, 0.25) is 0 Å². The van der Waals surface area contributed by atoms with Gasteiger partial charge in [0.15, 0.2) is 0 Å². The fourth-order valence-corrected chi connectivity index (χ4v) is 3.36. The largest absolute Gasteiger partial charge is 0.336 e. The average Bonchev–Trinajstić information content (AvgIpc) is 3.35. The lowest BCUT2D eigenvalue weighted by Gasteiger charge is -2.17. The molecule has 1 aliphatic rings. The molecule has 128 valence electrons. The van der Waals surface area contributed by atoms with E-state index in [0.717, 1.165) is 29.7 Å². The number of aryl methyl sites for hydroxylation is 2. The third kappa shape index (κ3) is 2.93. The number of aromatic nitrogens is 5. The van der Waals surface area contributed by atoms with Crippen molar-refractivity contribution in [3.05, 3.63) is 54.1 Å². The fourth-order valence-electron chi connectivity index (χ4n) is 3.36. The van der Waals surface area contributed by atoms with E-state index in [1.54, 1.807) is 10.9 Å². The maximum Gasteiger partial charge on any atom is 0.253 e. The van der Waals surface area contributed by atoms with Crippen LogP contribution in [0.4, 0.5) is 0 Å². The third-order valence-corrected chi connectivity index (χ3v) is 4.77. The number of carbonyl (C=O) groups is 1. The van der Waals surface area contributed by atoms with Gasteiger partial charge in [0.05, 0.1) is 18.4 Å². The summed E-state index contributed by atoms with van der Waals surface area (Å²) in [5.41, 5.74) is 3.91. The Bertz CT molecular complexity index is 898. The topological polar surface area (TPSA) is 68.8 Å². The van der Waals surface area contributed by atoms with E-state index in [-0.39, 0.29) is 11.9 Å². The van der Waals surface area contributed by atoms with Gasteiger partial charge in [-0.2, -0.15) is 5.10 Å². The Morgan fingerprint density at radius 3 is 2.92 bits per heavy atom. The van der Waals surface area contributed by atoms with Crippen LogP contribution in [0.5, 0.6) is 0 Å². The van der Waals surface area contributed by atoms with Crippen molar-refractivity contribution >= 4 is 5.91 Å². The number of likely N-dealkylation sites (tertiary alicyclic amines) is 1. The highest BCUT2D eigenvalue weighted by molar-refractivity contribution is 5.96. The molecule has 0 spiro atoms. The fraction of sp³-hybridized carbons (Fsp3) is 0.333. The number of benzene rings is 1. The average molecular weight is 336 g/mol. The number of rotatable bonds is 3. The predicted octanol–water partition coefficient (Wildman–Crippen LogP) is 2.07. The second-order valence-electron chi connectivity index (χ2n) is 6.51. The molecule has 1 saturated heterocycles. The zero-order chi connectivity index (χ0) is 17.4. The summed E-state index contributed by atoms with van der Waals surface area (Å²) >= 11 is 0. The number of carbonyl (C=O) groups excluding carboxylic acids is 1. The van der Waals surface area contributed by atoms with Gasteiger partial charge in [-0.3, -0.25) is 9.48 Å². The van der Waals surface area contributed by atoms with Crippen LogP contribution in [0, 0.1) is 6.92 Å². The first-order valence-corrected chi connectivity index (χ1v) is 8.36. The first kappa shape index (κ1) is 15.6. The number of nitrogens with zero attached hydrogens (tertiary/aromatic N) is 6. The Kier molecular flexibility index (Phi) is 3.83. The zero-order valence-electron chi connectivity index (χ0n) is 14.3. The molecule has 0 bridgehead atoms. The number of hydrogen-bond donors (Lipinski definition) is 0. The number of hydrogen-bond acceptors (Lipinski definition) is 4. The van der Waals surface area contributed by atoms with Crippen LogP contribution in [0.1, 0.15) is 28.4 Å². The van der Waals surface area contributed by atoms with Crippen molar-refractivity contribution in [2.75, 3.05) is 13.1 Å². The van der Waals surface area contributed by atoms with Crippen LogP contribution < -0.4 is 0 Å². The van der Waals surface area contributed by atoms with Crippen molar-refractivity contribution in [1.82, 2.24) is 29.7 Å². The molecule has 1 fully saturated rings. The Morgan fingerprint density at radius 1 is 1.32 bits per heavy atom. The van der Waals surface area contributed by atoms with Gasteiger partial charge in [0.25, 0.3) is 5.91 Å². The summed E-state index contributed by atoms with van der Waals surface area (Å²) in [5.74, 6) is 0.0627. The molecule has 0 aliphatic carbocycles. The van der Waals surface area contributed by atoms with Gasteiger partial charge in [0, 0.05) is 43.7 Å². The third-order valence-electron chi connectivity index (χ3n) is 4.77. The molecule has 1 atom stereocenters. The second-order valence-corrected chi connectivity index (χ2v) is 6.51. The van der Waals surface area contributed by atoms with E-state index in [9.17, 15) is 4.79 Å². The molecular formula is C18H20N6O. The quantitative estimate of drug-likeness (QED) is 0.734. The van der Waals surface area contributed by atoms with E-state index in [4.69, 9.17) is 0 Å². The van der Waals surface area contributed by atoms with E-state index >= 15 is 0 Å². The second kappa shape index (κ2) is 6.16. The molecule has 1 unspecified atom stereocenters. The van der Waals surface area contributed by atoms with E-state index in [1.807, 2.05) is 60.3 Å². The zero-order valence-corrected chi connectivity index (χ0v) is 14.3. The molecule has 2 aromatic heterocycles. The summed E-state index contributed by atoms with van der Waals surface area (Å²) in [4.78, 5) is 14.8. The van der Waals surface area contributed by atoms with Gasteiger partial charge < -0.3 is 4.90 Å². The highest BCUT2D eigenvalue weighted by Crippen LogP contribution is 2.27. The first-order chi connectivity index (χ1) is 12.1. The lowest BCUT2D eigenvalue weighted by Crippen LogP contribution is -2.29. The molecule has 3 aromatic rings. The van der Waals surface area contributed by atoms with Crippen LogP contribution in [0.3, 0.4) is 0 Å². The normalized spacial score (nSPS) is 17.2. The highest BCUT2D eigenvalue weighted by Gasteiger charge is 2.28. The van der Waals surface area contributed by atoms with Gasteiger partial charge in [-0.25, -0.2) is 4.68 Å². The van der Waals surface area contributed by atoms with E-state index in [1.165, 1.54) is 0 Å². The minimum absolute atomic E-state index is 0.0627. The van der Waals surface area contributed by atoms with Crippen LogP contribution in [0.15, 0.2) is 43.0 Å². The summed E-state index contributed by atoms with van der Waals surface area (Å²) < 4.78 is 3.61. The smallest absolute Gasteiger partial charge is 0.253 e. The molecule has 1 aliphatic heterocycles. The summed E-state index contributed by atoms with van der Waals surface area (Å²) in [6.07, 6.45) is 8.21. The van der Waals surface area contributed by atoms with Gasteiger partial charge in [-0.15, -0.1) is 5.10 Å². The Balaban J connectivity index is 1.57. The highest BCUT2D eigenvalue weighted by atomic mass is 16.2. The molecule has 1 aromatic carbocycles. The molecule has 0 saturated carbocycles. The Morgan fingerprint density at radius 2 is 2.20 bits per heavy atom. The SMILES string of the molecule is Cc1ccc(C(=O)N2CCC(n3ccnn3)C2)cc1-c1cnn(C)c1. The van der Waals surface area contributed by atoms with Crippen LogP contribution in [0.25, 0.3) is 11.1 Å². The summed E-state index contributed by atoms with van der Waals surface area (Å²) in [6.45, 7) is 3.45. The lowest BCUT2D eigenvalue weighted by molar-refractivity contribution is 0.0787. The minimum Gasteiger partial charge on any atom is -0.336 e. The number of amides is 1. The first-order valence-electron chi connectivity index (χ1n) is 8.36. The summed E-state index contributed by atoms with van der Waals surface area (Å²) in [6, 6.07) is 6.08. The maximum atomic E-state index is 12.9. The maximum absolute atomic E-state index is 12.9. The summed E-state index contributed by atoms with van der Waals surface area (Å²) in [5, 5.41) is 12.1. The van der Waals surface area contributed by atoms with Crippen molar-refractivity contribution in [1.29, 1.82) is 0 Å². The van der Waals surface area contributed by atoms with Crippen molar-refractivity contribution in [3.8, 4) is 11.1 Å². The minimum atomic E-state index is 0.0627. The molecule has 3 heterocycles. The van der Waals surface area contributed by atoms with E-state index in [2.05, 4.69) is 15.4 Å². The van der Waals surface area contributed by atoms with Crippen LogP contribution in [-0.2, 0) is 7.05 Å². The predicted molar refractivity (Wildman–Crippen MR) is 93.0 cm³/mol. The molecule has 0 radical (unpaired) electrons. The van der Waals surface area contributed by atoms with Gasteiger partial charge in [-0.1, -0.05) is 11.3 Å². The van der Waals surface area contributed by atoms with E-state index < -0.39 is 0 Å². The lowest BCUT2D eigenvalue weighted by atomic mass is 10.00. The molecule has 1 amide bonds. The molecule has 4 rings (SSSR count). The molecule has 7 heteroatoms. The van der Waals surface area contributed by atoms with Gasteiger partial charge in [0.1, 0.15) is 0 Å². The van der Waals surface area contributed by atoms with Crippen LogP contribution >= 0.6 is 0 Å². The summed E-state index contributed by atoms with van der Waals surface area (Å²) in [7, 11) is 1.89. The Labute approximate surface area is 145 Å². The van der Waals surface area contributed by atoms with Crippen LogP contribution in [-0.4, -0.2) is 48.7 Å². The standard InChI is InChI=1S/C18H20N6O/c1-13-3-4-14(9-17(13)15-10-20-22(2)11-15)18(25)23-7-5-16(12-23)24-8-6-19-21-24/h3-4,6,8-11,16H,5,7,12H2,1-2H3. The van der Waals surface area contributed by atoms with Crippen molar-refractivity contribution < 1.29 is 4.79 Å². The van der Waals surface area contributed by atoms with Crippen molar-refractivity contribution in [3.63, 3.8) is 0 Å². The van der Waals surface area contributed by atoms with Gasteiger partial charge in [-0.05, 0) is 36.6 Å². The molecular weight excluding hydrogens is 316 g/mol. The van der Waals surface area contributed by atoms with Gasteiger partial charge >= 0.3 is 0 Å². The molecule has 25 heavy (non-hydrogen) atoms.